The van der Waals surface area contributed by atoms with Gasteiger partial charge in [-0.3, -0.25) is 0 Å². The van der Waals surface area contributed by atoms with Gasteiger partial charge in [0.25, 0.3) is 0 Å². The standard InChI is InChI=1S/C18H17NO2/c20-17-19-13-7-12-16(19)18(21-17,14-8-3-1-4-9-14)15-10-5-2-6-11-15/h1-6,8-11,16H,7,12-13H2/t16-/m1/s1. The number of nitrogens with zero attached hydrogens (tertiary/aromatic N) is 1. The van der Waals surface area contributed by atoms with E-state index >= 15 is 0 Å². The smallest absolute Gasteiger partial charge is 0.411 e. The number of ether oxygens (including phenoxy) is 1. The normalized spacial score (nSPS) is 23.0. The van der Waals surface area contributed by atoms with Crippen molar-refractivity contribution in [1.82, 2.24) is 4.90 Å². The number of carbonyl (C=O) groups excluding carboxylic acids is 1. The van der Waals surface area contributed by atoms with Crippen LogP contribution in [-0.2, 0) is 10.3 Å². The van der Waals surface area contributed by atoms with Crippen molar-refractivity contribution in [2.45, 2.75) is 24.5 Å². The number of rotatable bonds is 2. The van der Waals surface area contributed by atoms with Crippen LogP contribution < -0.4 is 0 Å². The van der Waals surface area contributed by atoms with E-state index in [0.29, 0.717) is 0 Å². The molecule has 2 heterocycles. The van der Waals surface area contributed by atoms with Gasteiger partial charge < -0.3 is 9.64 Å². The van der Waals surface area contributed by atoms with Gasteiger partial charge in [0, 0.05) is 17.7 Å². The van der Waals surface area contributed by atoms with E-state index in [4.69, 9.17) is 4.74 Å². The van der Waals surface area contributed by atoms with Crippen LogP contribution in [0.2, 0.25) is 0 Å². The third-order valence-corrected chi connectivity index (χ3v) is 4.61. The van der Waals surface area contributed by atoms with Crippen LogP contribution in [-0.4, -0.2) is 23.6 Å². The lowest BCUT2D eigenvalue weighted by Gasteiger charge is -2.33. The summed E-state index contributed by atoms with van der Waals surface area (Å²) in [5, 5.41) is 0. The van der Waals surface area contributed by atoms with E-state index in [1.807, 2.05) is 41.3 Å². The molecule has 2 fully saturated rings. The molecule has 0 bridgehead atoms. The molecule has 0 saturated carbocycles. The summed E-state index contributed by atoms with van der Waals surface area (Å²) in [5.74, 6) is 0. The summed E-state index contributed by atoms with van der Waals surface area (Å²) in [6, 6.07) is 20.3. The van der Waals surface area contributed by atoms with Crippen LogP contribution in [0.15, 0.2) is 60.7 Å². The molecule has 2 saturated heterocycles. The molecule has 2 aromatic rings. The fourth-order valence-corrected chi connectivity index (χ4v) is 3.71. The largest absolute Gasteiger partial charge is 0.431 e. The Morgan fingerprint density at radius 2 is 1.52 bits per heavy atom. The second-order valence-electron chi connectivity index (χ2n) is 5.69. The average Bonchev–Trinajstić information content (AvgIpc) is 3.13. The number of fused-ring (bicyclic) bond motifs is 1. The van der Waals surface area contributed by atoms with E-state index in [1.165, 1.54) is 0 Å². The maximum absolute atomic E-state index is 12.3. The minimum Gasteiger partial charge on any atom is -0.431 e. The van der Waals surface area contributed by atoms with E-state index in [2.05, 4.69) is 24.3 Å². The highest BCUT2D eigenvalue weighted by Crippen LogP contribution is 2.48. The van der Waals surface area contributed by atoms with Crippen molar-refractivity contribution in [3.05, 3.63) is 71.8 Å². The molecule has 3 nitrogen and oxygen atoms in total. The van der Waals surface area contributed by atoms with Crippen molar-refractivity contribution < 1.29 is 9.53 Å². The van der Waals surface area contributed by atoms with E-state index in [1.54, 1.807) is 0 Å². The first-order valence-corrected chi connectivity index (χ1v) is 7.43. The summed E-state index contributed by atoms with van der Waals surface area (Å²) in [7, 11) is 0. The molecule has 0 radical (unpaired) electrons. The maximum atomic E-state index is 12.3. The summed E-state index contributed by atoms with van der Waals surface area (Å²) >= 11 is 0. The molecule has 2 aliphatic heterocycles. The quantitative estimate of drug-likeness (QED) is 0.841. The van der Waals surface area contributed by atoms with Gasteiger partial charge in [-0.15, -0.1) is 0 Å². The van der Waals surface area contributed by atoms with E-state index in [9.17, 15) is 4.79 Å². The zero-order valence-electron chi connectivity index (χ0n) is 11.7. The Morgan fingerprint density at radius 1 is 0.952 bits per heavy atom. The lowest BCUT2D eigenvalue weighted by atomic mass is 9.79. The van der Waals surface area contributed by atoms with Gasteiger partial charge in [0.1, 0.15) is 0 Å². The summed E-state index contributed by atoms with van der Waals surface area (Å²) in [4.78, 5) is 14.2. The predicted molar refractivity (Wildman–Crippen MR) is 79.9 cm³/mol. The van der Waals surface area contributed by atoms with Crippen molar-refractivity contribution in [3.63, 3.8) is 0 Å². The summed E-state index contributed by atoms with van der Waals surface area (Å²) < 4.78 is 5.98. The van der Waals surface area contributed by atoms with Gasteiger partial charge in [0.15, 0.2) is 5.60 Å². The monoisotopic (exact) mass is 279 g/mol. The number of cyclic esters (lactones) is 1. The molecule has 1 amide bonds. The second kappa shape index (κ2) is 4.62. The Kier molecular flexibility index (Phi) is 2.74. The van der Waals surface area contributed by atoms with Crippen molar-refractivity contribution in [2.24, 2.45) is 0 Å². The molecule has 0 aromatic heterocycles. The molecular formula is C18H17NO2. The van der Waals surface area contributed by atoms with Crippen molar-refractivity contribution in [3.8, 4) is 0 Å². The van der Waals surface area contributed by atoms with Crippen LogP contribution in [0.4, 0.5) is 4.79 Å². The number of amides is 1. The van der Waals surface area contributed by atoms with Crippen LogP contribution in [0.5, 0.6) is 0 Å². The van der Waals surface area contributed by atoms with Crippen molar-refractivity contribution >= 4 is 6.09 Å². The van der Waals surface area contributed by atoms with Crippen molar-refractivity contribution in [2.75, 3.05) is 6.54 Å². The van der Waals surface area contributed by atoms with Gasteiger partial charge in [-0.1, -0.05) is 60.7 Å². The van der Waals surface area contributed by atoms with Crippen LogP contribution in [0, 0.1) is 0 Å². The molecule has 1 atom stereocenters. The molecule has 4 rings (SSSR count). The number of hydrogen-bond donors (Lipinski definition) is 0. The molecule has 21 heavy (non-hydrogen) atoms. The first kappa shape index (κ1) is 12.5. The molecule has 2 aliphatic rings. The topological polar surface area (TPSA) is 29.5 Å². The van der Waals surface area contributed by atoms with E-state index in [-0.39, 0.29) is 12.1 Å². The molecule has 3 heteroatoms. The fourth-order valence-electron chi connectivity index (χ4n) is 3.71. The first-order valence-electron chi connectivity index (χ1n) is 7.43. The Labute approximate surface area is 124 Å². The van der Waals surface area contributed by atoms with Crippen LogP contribution in [0.3, 0.4) is 0 Å². The summed E-state index contributed by atoms with van der Waals surface area (Å²) in [6.07, 6.45) is 1.83. The van der Waals surface area contributed by atoms with Gasteiger partial charge in [0.2, 0.25) is 0 Å². The van der Waals surface area contributed by atoms with E-state index in [0.717, 1.165) is 30.5 Å². The third-order valence-electron chi connectivity index (χ3n) is 4.61. The molecule has 0 spiro atoms. The molecular weight excluding hydrogens is 262 g/mol. The number of hydrogen-bond acceptors (Lipinski definition) is 2. The third kappa shape index (κ3) is 1.70. The molecule has 0 N–H and O–H groups in total. The highest BCUT2D eigenvalue weighted by molar-refractivity contribution is 5.74. The Hall–Kier alpha value is -2.29. The van der Waals surface area contributed by atoms with Crippen molar-refractivity contribution in [1.29, 1.82) is 0 Å². The molecule has 0 unspecified atom stereocenters. The van der Waals surface area contributed by atoms with Gasteiger partial charge in [-0.25, -0.2) is 4.79 Å². The van der Waals surface area contributed by atoms with E-state index < -0.39 is 5.60 Å². The predicted octanol–water partition coefficient (Wildman–Crippen LogP) is 3.54. The first-order chi connectivity index (χ1) is 10.3. The lowest BCUT2D eigenvalue weighted by molar-refractivity contribution is 0.0670. The maximum Gasteiger partial charge on any atom is 0.411 e. The van der Waals surface area contributed by atoms with Crippen LogP contribution in [0.1, 0.15) is 24.0 Å². The van der Waals surface area contributed by atoms with Crippen LogP contribution >= 0.6 is 0 Å². The Balaban J connectivity index is 1.94. The molecule has 0 aliphatic carbocycles. The van der Waals surface area contributed by atoms with Gasteiger partial charge in [-0.2, -0.15) is 0 Å². The SMILES string of the molecule is O=C1OC(c2ccccc2)(c2ccccc2)[C@H]2CCCN12. The second-order valence-corrected chi connectivity index (χ2v) is 5.69. The zero-order valence-corrected chi connectivity index (χ0v) is 11.7. The summed E-state index contributed by atoms with van der Waals surface area (Å²) in [5.41, 5.74) is 1.44. The average molecular weight is 279 g/mol. The van der Waals surface area contributed by atoms with Crippen LogP contribution in [0.25, 0.3) is 0 Å². The zero-order chi connectivity index (χ0) is 14.3. The van der Waals surface area contributed by atoms with Gasteiger partial charge in [0.05, 0.1) is 6.04 Å². The highest BCUT2D eigenvalue weighted by Gasteiger charge is 2.57. The fraction of sp³-hybridized carbons (Fsp3) is 0.278. The van der Waals surface area contributed by atoms with Gasteiger partial charge in [-0.05, 0) is 12.8 Å². The minimum absolute atomic E-state index is 0.0924. The number of benzene rings is 2. The van der Waals surface area contributed by atoms with Gasteiger partial charge >= 0.3 is 6.09 Å². The number of carbonyl (C=O) groups is 1. The molecule has 106 valence electrons. The molecule has 2 aromatic carbocycles. The summed E-state index contributed by atoms with van der Waals surface area (Å²) in [6.45, 7) is 0.797. The highest BCUT2D eigenvalue weighted by atomic mass is 16.6. The Morgan fingerprint density at radius 3 is 2.10 bits per heavy atom. The Bertz CT molecular complexity index is 614. The minimum atomic E-state index is -0.671. The lowest BCUT2D eigenvalue weighted by Crippen LogP contribution is -2.40.